The second-order valence-corrected chi connectivity index (χ2v) is 18.1. The van der Waals surface area contributed by atoms with E-state index < -0.39 is 14.0 Å². The Morgan fingerprint density at radius 1 is 0.486 bits per heavy atom. The summed E-state index contributed by atoms with van der Waals surface area (Å²) in [7, 11) is 0. The molecule has 0 fully saturated rings. The normalized spacial score (nSPS) is 14.3. The van der Waals surface area contributed by atoms with E-state index >= 15 is 0 Å². The third kappa shape index (κ3) is 5.91. The zero-order chi connectivity index (χ0) is 51.6. The van der Waals surface area contributed by atoms with Crippen LogP contribution in [-0.2, 0) is 14.0 Å². The molecule has 0 N–H and O–H groups in total. The van der Waals surface area contributed by atoms with Crippen LogP contribution in [0.3, 0.4) is 0 Å². The van der Waals surface area contributed by atoms with E-state index in [2.05, 4.69) is 75.9 Å². The number of aromatic nitrogens is 4. The molecule has 0 spiro atoms. The van der Waals surface area contributed by atoms with Gasteiger partial charge in [-0.2, -0.15) is 0 Å². The molecule has 9 aromatic carbocycles. The minimum Gasteiger partial charge on any atom is -0.457 e. The van der Waals surface area contributed by atoms with E-state index in [-0.39, 0.29) is 6.67 Å². The van der Waals surface area contributed by atoms with Gasteiger partial charge in [0, 0.05) is 101 Å². The monoisotopic (exact) mass is 908 g/mol. The van der Waals surface area contributed by atoms with Crippen molar-refractivity contribution >= 4 is 88.2 Å². The van der Waals surface area contributed by atoms with Gasteiger partial charge in [0.05, 0.1) is 39.1 Å². The minimum absolute atomic E-state index is 0.213. The summed E-state index contributed by atoms with van der Waals surface area (Å²) >= 11 is 0. The predicted molar refractivity (Wildman–Crippen MR) is 291 cm³/mol. The molecule has 0 unspecified atom stereocenters. The molecule has 1 aliphatic rings. The lowest BCUT2D eigenvalue weighted by molar-refractivity contribution is 0.483. The van der Waals surface area contributed by atoms with Crippen LogP contribution in [0.15, 0.2) is 212 Å². The minimum atomic E-state index is -2.67. The topological polar surface area (TPSA) is 43.4 Å². The van der Waals surface area contributed by atoms with Gasteiger partial charge in [-0.05, 0) is 84.3 Å². The van der Waals surface area contributed by atoms with Gasteiger partial charge < -0.3 is 23.7 Å². The molecule has 13 aromatic rings. The summed E-state index contributed by atoms with van der Waals surface area (Å²) in [5, 5.41) is 5.14. The van der Waals surface area contributed by atoms with Crippen molar-refractivity contribution in [3.05, 3.63) is 218 Å². The van der Waals surface area contributed by atoms with Crippen LogP contribution in [0, 0.1) is 6.92 Å². The quantitative estimate of drug-likeness (QED) is 0.160. The molecule has 7 heteroatoms. The molecule has 14 rings (SSSR count). The van der Waals surface area contributed by atoms with Gasteiger partial charge in [-0.15, -0.1) is 0 Å². The van der Waals surface area contributed by atoms with Crippen molar-refractivity contribution in [1.29, 1.82) is 0 Å². The fourth-order valence-electron chi connectivity index (χ4n) is 11.1. The van der Waals surface area contributed by atoms with Crippen molar-refractivity contribution < 1.29 is 13.0 Å². The van der Waals surface area contributed by atoms with E-state index in [0.29, 0.717) is 39.3 Å². The largest absolute Gasteiger partial charge is 0.457 e. The summed E-state index contributed by atoms with van der Waals surface area (Å²) in [6.07, 6.45) is 1.95. The number of hydrogen-bond acceptors (Lipinski definition) is 4. The van der Waals surface area contributed by atoms with Crippen LogP contribution in [0.2, 0.25) is 0 Å². The van der Waals surface area contributed by atoms with Crippen LogP contribution < -0.4 is 14.5 Å². The maximum atomic E-state index is 9.23. The SMILES string of the molecule is [2H]C([2H])([2H])n1c2ccccc2c2c(-c3ccccc3)c3c4ccccc4n(C([2H])([2H])[2H])c3c(N3CN(c4cccc(Oc5ccc6c7ccccc7n(-c7cc(C)c(-c8ccccc8)cn7)c6c5)c4)c4ccccc43)c21. The van der Waals surface area contributed by atoms with E-state index in [1.54, 1.807) is 0 Å². The van der Waals surface area contributed by atoms with E-state index in [0.717, 1.165) is 94.0 Å². The zero-order valence-corrected chi connectivity index (χ0v) is 38.0. The standard InChI is InChI=1S/C63H46N6O/c1-40-35-57(64-38-50(40)41-19-6-4-7-20-41)69-53-30-15-10-25-46(53)47-34-33-45(37-56(47)69)70-44-24-18-23-43(36-44)67-39-68(55-32-17-16-31-54(55)67)63-61-59(48-26-11-13-28-51(48)65(61)2)58(42-21-8-5-9-22-42)60-49-27-12-14-29-52(49)66(3)62(60)63/h4-38H,39H2,1-3H3/i2D3,3D3. The Labute approximate surface area is 413 Å². The Morgan fingerprint density at radius 3 is 1.73 bits per heavy atom. The van der Waals surface area contributed by atoms with E-state index in [9.17, 15) is 8.22 Å². The number of hydrogen-bond donors (Lipinski definition) is 0. The van der Waals surface area contributed by atoms with Crippen LogP contribution >= 0.6 is 0 Å². The zero-order valence-electron chi connectivity index (χ0n) is 44.0. The highest BCUT2D eigenvalue weighted by molar-refractivity contribution is 6.33. The molecule has 0 saturated carbocycles. The summed E-state index contributed by atoms with van der Waals surface area (Å²) < 4.78 is 67.3. The van der Waals surface area contributed by atoms with Crippen molar-refractivity contribution in [2.45, 2.75) is 6.92 Å². The Balaban J connectivity index is 0.935. The Morgan fingerprint density at radius 2 is 1.06 bits per heavy atom. The first-order chi connectivity index (χ1) is 36.9. The van der Waals surface area contributed by atoms with Crippen molar-refractivity contribution in [3.63, 3.8) is 0 Å². The molecule has 1 aliphatic heterocycles. The van der Waals surface area contributed by atoms with Gasteiger partial charge >= 0.3 is 0 Å². The lowest BCUT2D eigenvalue weighted by Crippen LogP contribution is -2.25. The Bertz CT molecular complexity index is 4370. The molecule has 70 heavy (non-hydrogen) atoms. The number of rotatable bonds is 7. The first-order valence-corrected chi connectivity index (χ1v) is 23.5. The third-order valence-corrected chi connectivity index (χ3v) is 14.2. The molecule has 0 amide bonds. The molecule has 0 bridgehead atoms. The van der Waals surface area contributed by atoms with Gasteiger partial charge in [-0.25, -0.2) is 4.98 Å². The maximum absolute atomic E-state index is 9.23. The maximum Gasteiger partial charge on any atom is 0.137 e. The molecule has 0 aliphatic carbocycles. The van der Waals surface area contributed by atoms with Crippen molar-refractivity contribution in [1.82, 2.24) is 18.7 Å². The Kier molecular flexibility index (Phi) is 7.58. The number of anilines is 4. The van der Waals surface area contributed by atoms with Crippen molar-refractivity contribution in [3.8, 4) is 39.6 Å². The van der Waals surface area contributed by atoms with Crippen LogP contribution in [-0.4, -0.2) is 25.4 Å². The molecule has 5 heterocycles. The molecule has 0 saturated heterocycles. The summed E-state index contributed by atoms with van der Waals surface area (Å²) in [6, 6.07) is 68.0. The average molecular weight is 909 g/mol. The summed E-state index contributed by atoms with van der Waals surface area (Å²) in [4.78, 5) is 9.30. The number of aryl methyl sites for hydroxylation is 3. The van der Waals surface area contributed by atoms with Gasteiger partial charge in [-0.3, -0.25) is 4.57 Å². The number of fused-ring (bicyclic) bond motifs is 10. The van der Waals surface area contributed by atoms with Crippen LogP contribution in [0.5, 0.6) is 11.5 Å². The van der Waals surface area contributed by atoms with Gasteiger partial charge in [0.1, 0.15) is 24.0 Å². The van der Waals surface area contributed by atoms with Gasteiger partial charge in [-0.1, -0.05) is 133 Å². The number of pyridine rings is 1. The highest BCUT2D eigenvalue weighted by atomic mass is 16.5. The predicted octanol–water partition coefficient (Wildman–Crippen LogP) is 16.2. The van der Waals surface area contributed by atoms with Gasteiger partial charge in [0.15, 0.2) is 0 Å². The number of nitrogens with zero attached hydrogens (tertiary/aromatic N) is 6. The van der Waals surface area contributed by atoms with Crippen LogP contribution in [0.25, 0.3) is 93.5 Å². The van der Waals surface area contributed by atoms with Crippen molar-refractivity contribution in [2.75, 3.05) is 16.5 Å². The van der Waals surface area contributed by atoms with Crippen LogP contribution in [0.1, 0.15) is 13.8 Å². The van der Waals surface area contributed by atoms with E-state index in [4.69, 9.17) is 9.72 Å². The molecule has 4 aromatic heterocycles. The second kappa shape index (κ2) is 15.5. The smallest absolute Gasteiger partial charge is 0.137 e. The molecular formula is C63H46N6O. The fourth-order valence-corrected chi connectivity index (χ4v) is 11.1. The lowest BCUT2D eigenvalue weighted by Gasteiger charge is -2.26. The molecule has 0 atom stereocenters. The number of para-hydroxylation sites is 5. The van der Waals surface area contributed by atoms with Gasteiger partial charge in [0.2, 0.25) is 0 Å². The summed E-state index contributed by atoms with van der Waals surface area (Å²) in [6.45, 7) is -3.00. The van der Waals surface area contributed by atoms with Crippen molar-refractivity contribution in [2.24, 2.45) is 14.0 Å². The fraction of sp³-hybridized carbons (Fsp3) is 0.0635. The molecule has 7 nitrogen and oxygen atoms in total. The lowest BCUT2D eigenvalue weighted by atomic mass is 9.93. The van der Waals surface area contributed by atoms with E-state index in [1.165, 1.54) is 9.13 Å². The highest BCUT2D eigenvalue weighted by Crippen LogP contribution is 2.54. The average Bonchev–Trinajstić information content (AvgIpc) is 4.28. The second-order valence-electron chi connectivity index (χ2n) is 18.1. The highest BCUT2D eigenvalue weighted by Gasteiger charge is 2.34. The van der Waals surface area contributed by atoms with Gasteiger partial charge in [0.25, 0.3) is 0 Å². The summed E-state index contributed by atoms with van der Waals surface area (Å²) in [5.74, 6) is 2.06. The first-order valence-electron chi connectivity index (χ1n) is 26.5. The molecule has 0 radical (unpaired) electrons. The Hall–Kier alpha value is -9.07. The van der Waals surface area contributed by atoms with E-state index in [1.807, 2.05) is 158 Å². The summed E-state index contributed by atoms with van der Waals surface area (Å²) in [5.41, 5.74) is 11.7. The molecular weight excluding hydrogens is 857 g/mol. The third-order valence-electron chi connectivity index (χ3n) is 14.2. The molecule has 334 valence electrons. The van der Waals surface area contributed by atoms with Crippen LogP contribution in [0.4, 0.5) is 22.7 Å². The number of ether oxygens (including phenoxy) is 1. The number of benzene rings is 9. The first kappa shape index (κ1) is 34.3.